The second kappa shape index (κ2) is 6.56. The third kappa shape index (κ3) is 3.27. The van der Waals surface area contributed by atoms with Crippen molar-refractivity contribution in [3.05, 3.63) is 48.3 Å². The molecule has 1 aromatic heterocycles. The molecule has 1 amide bonds. The highest BCUT2D eigenvalue weighted by atomic mass is 32.2. The Labute approximate surface area is 164 Å². The number of sulfonamides is 1. The number of nitrogens with zero attached hydrogens (tertiary/aromatic N) is 3. The van der Waals surface area contributed by atoms with Crippen molar-refractivity contribution in [2.45, 2.75) is 37.3 Å². The van der Waals surface area contributed by atoms with Crippen molar-refractivity contribution < 1.29 is 17.9 Å². The predicted octanol–water partition coefficient (Wildman–Crippen LogP) is 3.09. The molecule has 0 saturated heterocycles. The van der Waals surface area contributed by atoms with E-state index in [1.165, 1.54) is 4.31 Å². The van der Waals surface area contributed by atoms with Crippen molar-refractivity contribution in [3.63, 3.8) is 0 Å². The minimum absolute atomic E-state index is 0.233. The Kier molecular flexibility index (Phi) is 4.43. The van der Waals surface area contributed by atoms with E-state index in [4.69, 9.17) is 4.74 Å². The minimum Gasteiger partial charge on any atom is -0.444 e. The van der Waals surface area contributed by atoms with Crippen LogP contribution in [0.15, 0.2) is 47.6 Å². The summed E-state index contributed by atoms with van der Waals surface area (Å²) in [5.74, 6) is 0. The molecule has 0 saturated carbocycles. The number of carbonyl (C=O) groups excluding carboxylic acids is 1. The number of rotatable bonds is 0. The van der Waals surface area contributed by atoms with E-state index in [-0.39, 0.29) is 13.1 Å². The SMILES string of the molecule is CC(C)(C)OC(=O)N1C/C=C\CN2[C@@H](C1)c1cc3cnccc3cc1S2(=O)=O. The topological polar surface area (TPSA) is 79.8 Å². The molecule has 0 radical (unpaired) electrons. The molecule has 0 fully saturated rings. The van der Waals surface area contributed by atoms with Crippen LogP contribution in [0.25, 0.3) is 10.8 Å². The Morgan fingerprint density at radius 1 is 1.18 bits per heavy atom. The summed E-state index contributed by atoms with van der Waals surface area (Å²) in [4.78, 5) is 18.6. The van der Waals surface area contributed by atoms with Crippen molar-refractivity contribution in [1.82, 2.24) is 14.2 Å². The van der Waals surface area contributed by atoms with Crippen LogP contribution in [0.2, 0.25) is 0 Å². The van der Waals surface area contributed by atoms with Gasteiger partial charge in [0.05, 0.1) is 10.9 Å². The Bertz CT molecular complexity index is 1070. The Morgan fingerprint density at radius 3 is 2.68 bits per heavy atom. The molecule has 2 aromatic rings. The lowest BCUT2D eigenvalue weighted by atomic mass is 10.0. The smallest absolute Gasteiger partial charge is 0.410 e. The van der Waals surface area contributed by atoms with Gasteiger partial charge in [-0.1, -0.05) is 12.2 Å². The summed E-state index contributed by atoms with van der Waals surface area (Å²) in [5, 5.41) is 1.70. The molecule has 1 atom stereocenters. The van der Waals surface area contributed by atoms with E-state index in [0.717, 1.165) is 10.8 Å². The second-order valence-electron chi connectivity index (χ2n) is 8.06. The zero-order valence-electron chi connectivity index (χ0n) is 16.1. The summed E-state index contributed by atoms with van der Waals surface area (Å²) in [5.41, 5.74) is 0.0778. The average Bonchev–Trinajstić information content (AvgIpc) is 2.77. The largest absolute Gasteiger partial charge is 0.444 e. The molecule has 0 spiro atoms. The minimum atomic E-state index is -3.64. The summed E-state index contributed by atoms with van der Waals surface area (Å²) < 4.78 is 33.3. The lowest BCUT2D eigenvalue weighted by molar-refractivity contribution is 0.0236. The first-order valence-corrected chi connectivity index (χ1v) is 10.6. The number of pyridine rings is 1. The maximum Gasteiger partial charge on any atom is 0.410 e. The van der Waals surface area contributed by atoms with Crippen molar-refractivity contribution >= 4 is 26.9 Å². The van der Waals surface area contributed by atoms with Crippen LogP contribution in [0.5, 0.6) is 0 Å². The highest BCUT2D eigenvalue weighted by Crippen LogP contribution is 2.42. The maximum atomic E-state index is 13.2. The number of fused-ring (bicyclic) bond motifs is 4. The second-order valence-corrected chi connectivity index (χ2v) is 9.92. The van der Waals surface area contributed by atoms with E-state index in [2.05, 4.69) is 4.98 Å². The van der Waals surface area contributed by atoms with Gasteiger partial charge in [-0.25, -0.2) is 13.2 Å². The van der Waals surface area contributed by atoms with E-state index < -0.39 is 27.8 Å². The van der Waals surface area contributed by atoms with Gasteiger partial charge in [0.15, 0.2) is 0 Å². The van der Waals surface area contributed by atoms with Crippen LogP contribution >= 0.6 is 0 Å². The highest BCUT2D eigenvalue weighted by molar-refractivity contribution is 7.89. The molecule has 28 heavy (non-hydrogen) atoms. The van der Waals surface area contributed by atoms with Gasteiger partial charge in [-0.2, -0.15) is 4.31 Å². The molecule has 1 aromatic carbocycles. The normalized spacial score (nSPS) is 22.8. The van der Waals surface area contributed by atoms with E-state index in [0.29, 0.717) is 17.0 Å². The summed E-state index contributed by atoms with van der Waals surface area (Å²) >= 11 is 0. The third-order valence-corrected chi connectivity index (χ3v) is 6.82. The number of hydrogen-bond donors (Lipinski definition) is 0. The van der Waals surface area contributed by atoms with Gasteiger partial charge in [-0.3, -0.25) is 4.98 Å². The standard InChI is InChI=1S/C20H23N3O4S/c1-20(2,3)27-19(24)22-8-4-5-9-23-17(13-22)16-10-15-12-21-7-6-14(15)11-18(16)28(23,25)26/h4-7,10-12,17H,8-9,13H2,1-3H3/b5-4-/t17-/m0/s1. The predicted molar refractivity (Wildman–Crippen MR) is 105 cm³/mol. The molecule has 2 aliphatic rings. The first-order chi connectivity index (χ1) is 13.2. The molecule has 0 unspecified atom stereocenters. The van der Waals surface area contributed by atoms with E-state index in [9.17, 15) is 13.2 Å². The van der Waals surface area contributed by atoms with E-state index >= 15 is 0 Å². The molecular weight excluding hydrogens is 378 g/mol. The summed E-state index contributed by atoms with van der Waals surface area (Å²) in [6, 6.07) is 4.92. The maximum absolute atomic E-state index is 13.2. The van der Waals surface area contributed by atoms with Crippen molar-refractivity contribution in [1.29, 1.82) is 0 Å². The molecule has 7 nitrogen and oxygen atoms in total. The summed E-state index contributed by atoms with van der Waals surface area (Å²) in [7, 11) is -3.64. The lowest BCUT2D eigenvalue weighted by Crippen LogP contribution is -2.43. The van der Waals surface area contributed by atoms with Crippen molar-refractivity contribution in [3.8, 4) is 0 Å². The average molecular weight is 401 g/mol. The molecule has 0 N–H and O–H groups in total. The van der Waals surface area contributed by atoms with Gasteiger partial charge < -0.3 is 9.64 Å². The van der Waals surface area contributed by atoms with Crippen molar-refractivity contribution in [2.75, 3.05) is 19.6 Å². The Balaban J connectivity index is 1.78. The number of benzene rings is 1. The van der Waals surface area contributed by atoms with Gasteiger partial charge in [0, 0.05) is 37.4 Å². The lowest BCUT2D eigenvalue weighted by Gasteiger charge is -2.32. The third-order valence-electron chi connectivity index (χ3n) is 4.89. The van der Waals surface area contributed by atoms with Crippen molar-refractivity contribution in [2.24, 2.45) is 0 Å². The fourth-order valence-electron chi connectivity index (χ4n) is 3.62. The zero-order valence-corrected chi connectivity index (χ0v) is 16.9. The summed E-state index contributed by atoms with van der Waals surface area (Å²) in [6.45, 7) is 6.32. The molecule has 3 heterocycles. The van der Waals surface area contributed by atoms with Crippen LogP contribution in [0.1, 0.15) is 32.4 Å². The van der Waals surface area contributed by atoms with Gasteiger partial charge >= 0.3 is 6.09 Å². The fourth-order valence-corrected chi connectivity index (χ4v) is 5.44. The first-order valence-electron chi connectivity index (χ1n) is 9.19. The number of ether oxygens (including phenoxy) is 1. The van der Waals surface area contributed by atoms with E-state index in [1.807, 2.05) is 26.8 Å². The quantitative estimate of drug-likeness (QED) is 0.634. The Hall–Kier alpha value is -2.45. The van der Waals surface area contributed by atoms with Gasteiger partial charge in [0.25, 0.3) is 0 Å². The van der Waals surface area contributed by atoms with Crippen LogP contribution in [0.3, 0.4) is 0 Å². The number of carbonyl (C=O) groups is 1. The van der Waals surface area contributed by atoms with Gasteiger partial charge in [-0.05, 0) is 49.9 Å². The van der Waals surface area contributed by atoms with Gasteiger partial charge in [0.2, 0.25) is 10.0 Å². The molecule has 2 aliphatic heterocycles. The zero-order chi connectivity index (χ0) is 20.1. The summed E-state index contributed by atoms with van der Waals surface area (Å²) in [6.07, 6.45) is 6.51. The molecule has 148 valence electrons. The fraction of sp³-hybridized carbons (Fsp3) is 0.400. The van der Waals surface area contributed by atoms with Gasteiger partial charge in [0.1, 0.15) is 5.60 Å². The first kappa shape index (κ1) is 18.9. The van der Waals surface area contributed by atoms with Crippen LogP contribution in [-0.4, -0.2) is 53.9 Å². The van der Waals surface area contributed by atoms with Crippen LogP contribution in [-0.2, 0) is 14.8 Å². The van der Waals surface area contributed by atoms with E-state index in [1.54, 1.807) is 41.6 Å². The molecular formula is C20H23N3O4S. The number of aromatic nitrogens is 1. The molecule has 0 bridgehead atoms. The molecule has 8 heteroatoms. The van der Waals surface area contributed by atoms with Crippen LogP contribution in [0, 0.1) is 0 Å². The number of hydrogen-bond acceptors (Lipinski definition) is 5. The van der Waals surface area contributed by atoms with Crippen LogP contribution in [0.4, 0.5) is 4.79 Å². The highest BCUT2D eigenvalue weighted by Gasteiger charge is 2.44. The van der Waals surface area contributed by atoms with Crippen LogP contribution < -0.4 is 0 Å². The molecule has 0 aliphatic carbocycles. The molecule has 4 rings (SSSR count). The monoisotopic (exact) mass is 401 g/mol. The number of amides is 1. The Morgan fingerprint density at radius 2 is 1.93 bits per heavy atom. The van der Waals surface area contributed by atoms with Gasteiger partial charge in [-0.15, -0.1) is 0 Å².